The smallest absolute Gasteiger partial charge is 0.246 e. The minimum Gasteiger partial charge on any atom is -0.383 e. The van der Waals surface area contributed by atoms with Crippen LogP contribution in [0.2, 0.25) is 0 Å². The van der Waals surface area contributed by atoms with E-state index in [1.807, 2.05) is 44.2 Å². The van der Waals surface area contributed by atoms with E-state index in [9.17, 15) is 14.4 Å². The molecule has 0 aromatic heterocycles. The Morgan fingerprint density at radius 3 is 2.68 bits per heavy atom. The summed E-state index contributed by atoms with van der Waals surface area (Å²) in [4.78, 5) is 42.9. The van der Waals surface area contributed by atoms with Crippen LogP contribution in [0.25, 0.3) is 0 Å². The van der Waals surface area contributed by atoms with Gasteiger partial charge in [0.1, 0.15) is 11.6 Å². The lowest BCUT2D eigenvalue weighted by atomic mass is 9.73. The molecule has 1 aromatic carbocycles. The van der Waals surface area contributed by atoms with Gasteiger partial charge in [-0.3, -0.25) is 14.4 Å². The molecule has 0 radical (unpaired) electrons. The van der Waals surface area contributed by atoms with Crippen molar-refractivity contribution in [2.24, 2.45) is 23.7 Å². The Labute approximate surface area is 219 Å². The average Bonchev–Trinajstić information content (AvgIpc) is 3.50. The van der Waals surface area contributed by atoms with E-state index in [-0.39, 0.29) is 30.3 Å². The zero-order valence-electron chi connectivity index (χ0n) is 22.5. The molecule has 8 heteroatoms. The van der Waals surface area contributed by atoms with Crippen molar-refractivity contribution < 1.29 is 23.9 Å². The monoisotopic (exact) mass is 509 g/mol. The highest BCUT2D eigenvalue weighted by Crippen LogP contribution is 2.55. The fraction of sp³-hybridized carbons (Fsp3) is 0.621. The molecule has 37 heavy (non-hydrogen) atoms. The molecule has 8 nitrogen and oxygen atoms in total. The number of benzene rings is 1. The van der Waals surface area contributed by atoms with Crippen LogP contribution in [0.1, 0.15) is 44.2 Å². The maximum atomic E-state index is 13.9. The van der Waals surface area contributed by atoms with Gasteiger partial charge in [0.2, 0.25) is 17.7 Å². The first-order valence-corrected chi connectivity index (χ1v) is 13.5. The number of ether oxygens (including phenoxy) is 2. The average molecular weight is 510 g/mol. The molecule has 5 rings (SSSR count). The van der Waals surface area contributed by atoms with E-state index in [1.165, 1.54) is 0 Å². The summed E-state index contributed by atoms with van der Waals surface area (Å²) in [5, 5.41) is 6.26. The van der Waals surface area contributed by atoms with E-state index < -0.39 is 29.6 Å². The van der Waals surface area contributed by atoms with Crippen molar-refractivity contribution in [1.82, 2.24) is 10.2 Å². The molecule has 3 fully saturated rings. The zero-order valence-corrected chi connectivity index (χ0v) is 22.5. The Hall–Kier alpha value is -2.71. The summed E-state index contributed by atoms with van der Waals surface area (Å²) in [5.41, 5.74) is 1.74. The number of carbonyl (C=O) groups excluding carboxylic acids is 3. The molecule has 0 unspecified atom stereocenters. The van der Waals surface area contributed by atoms with Crippen LogP contribution < -0.4 is 10.6 Å². The van der Waals surface area contributed by atoms with Crippen molar-refractivity contribution in [1.29, 1.82) is 0 Å². The summed E-state index contributed by atoms with van der Waals surface area (Å²) in [6, 6.07) is 4.97. The van der Waals surface area contributed by atoms with Gasteiger partial charge in [0.05, 0.1) is 24.5 Å². The Kier molecular flexibility index (Phi) is 6.92. The highest BCUT2D eigenvalue weighted by Gasteiger charge is 2.72. The topological polar surface area (TPSA) is 97.0 Å². The van der Waals surface area contributed by atoms with Gasteiger partial charge in [-0.25, -0.2) is 0 Å². The minimum atomic E-state index is -1.16. The van der Waals surface area contributed by atoms with Gasteiger partial charge in [0, 0.05) is 25.4 Å². The maximum Gasteiger partial charge on any atom is 0.246 e. The van der Waals surface area contributed by atoms with Crippen LogP contribution in [-0.4, -0.2) is 66.7 Å². The lowest BCUT2D eigenvalue weighted by Gasteiger charge is -2.38. The number of amides is 3. The fourth-order valence-corrected chi connectivity index (χ4v) is 6.79. The van der Waals surface area contributed by atoms with Gasteiger partial charge < -0.3 is 25.0 Å². The summed E-state index contributed by atoms with van der Waals surface area (Å²) < 4.78 is 11.7. The Morgan fingerprint density at radius 2 is 1.95 bits per heavy atom. The Bertz CT molecular complexity index is 1120. The molecule has 2 bridgehead atoms. The molecule has 200 valence electrons. The first kappa shape index (κ1) is 25.9. The Morgan fingerprint density at radius 1 is 1.16 bits per heavy atom. The number of rotatable bonds is 7. The highest BCUT2D eigenvalue weighted by molar-refractivity contribution is 6.02. The van der Waals surface area contributed by atoms with Crippen LogP contribution >= 0.6 is 0 Å². The number of carbonyl (C=O) groups is 3. The number of hydrogen-bond donors (Lipinski definition) is 2. The molecular formula is C29H39N3O5. The Balaban J connectivity index is 1.42. The van der Waals surface area contributed by atoms with Gasteiger partial charge in [-0.15, -0.1) is 0 Å². The lowest BCUT2D eigenvalue weighted by Crippen LogP contribution is -2.58. The van der Waals surface area contributed by atoms with Gasteiger partial charge in [0.25, 0.3) is 0 Å². The molecule has 2 N–H and O–H groups in total. The van der Waals surface area contributed by atoms with Crippen molar-refractivity contribution in [3.05, 3.63) is 41.5 Å². The van der Waals surface area contributed by atoms with Crippen LogP contribution in [0.5, 0.6) is 0 Å². The van der Waals surface area contributed by atoms with Crippen LogP contribution in [-0.2, 0) is 23.9 Å². The molecule has 3 heterocycles. The van der Waals surface area contributed by atoms with Crippen molar-refractivity contribution >= 4 is 23.4 Å². The molecule has 3 aliphatic heterocycles. The van der Waals surface area contributed by atoms with Crippen molar-refractivity contribution in [3.63, 3.8) is 0 Å². The third kappa shape index (κ3) is 4.28. The second-order valence-corrected chi connectivity index (χ2v) is 11.4. The third-order valence-electron chi connectivity index (χ3n) is 9.27. The second kappa shape index (κ2) is 9.87. The summed E-state index contributed by atoms with van der Waals surface area (Å²) in [6.07, 6.45) is 6.30. The molecule has 1 aromatic rings. The molecule has 2 saturated heterocycles. The van der Waals surface area contributed by atoms with Gasteiger partial charge >= 0.3 is 0 Å². The van der Waals surface area contributed by atoms with Crippen LogP contribution in [0.15, 0.2) is 30.4 Å². The van der Waals surface area contributed by atoms with E-state index in [2.05, 4.69) is 24.5 Å². The van der Waals surface area contributed by atoms with E-state index in [0.717, 1.165) is 30.4 Å². The largest absolute Gasteiger partial charge is 0.383 e. The first-order chi connectivity index (χ1) is 17.7. The van der Waals surface area contributed by atoms with Gasteiger partial charge in [-0.1, -0.05) is 44.9 Å². The van der Waals surface area contributed by atoms with E-state index in [0.29, 0.717) is 24.1 Å². The van der Waals surface area contributed by atoms with Crippen LogP contribution in [0.3, 0.4) is 0 Å². The summed E-state index contributed by atoms with van der Waals surface area (Å²) in [7, 11) is 1.57. The molecule has 4 aliphatic rings. The van der Waals surface area contributed by atoms with Crippen molar-refractivity contribution in [2.45, 2.75) is 70.7 Å². The van der Waals surface area contributed by atoms with E-state index in [1.54, 1.807) is 12.0 Å². The molecule has 1 saturated carbocycles. The predicted octanol–water partition coefficient (Wildman–Crippen LogP) is 2.98. The maximum absolute atomic E-state index is 13.9. The number of methoxy groups -OCH3 is 1. The van der Waals surface area contributed by atoms with Crippen LogP contribution in [0, 0.1) is 37.5 Å². The molecule has 8 atom stereocenters. The number of aryl methyl sites for hydroxylation is 2. The molecule has 3 amide bonds. The summed E-state index contributed by atoms with van der Waals surface area (Å²) in [6.45, 7) is 8.98. The van der Waals surface area contributed by atoms with E-state index in [4.69, 9.17) is 9.47 Å². The van der Waals surface area contributed by atoms with Crippen LogP contribution in [0.4, 0.5) is 5.69 Å². The summed E-state index contributed by atoms with van der Waals surface area (Å²) >= 11 is 0. The van der Waals surface area contributed by atoms with Gasteiger partial charge in [-0.05, 0) is 55.4 Å². The third-order valence-corrected chi connectivity index (χ3v) is 9.27. The highest BCUT2D eigenvalue weighted by atomic mass is 16.5. The quantitative estimate of drug-likeness (QED) is 0.551. The molecule has 1 spiro atoms. The van der Waals surface area contributed by atoms with Crippen molar-refractivity contribution in [3.8, 4) is 0 Å². The van der Waals surface area contributed by atoms with Crippen molar-refractivity contribution in [2.75, 3.05) is 25.6 Å². The number of nitrogens with one attached hydrogen (secondary N) is 2. The van der Waals surface area contributed by atoms with Gasteiger partial charge in [0.15, 0.2) is 0 Å². The predicted molar refractivity (Wildman–Crippen MR) is 140 cm³/mol. The normalized spacial score (nSPS) is 36.1. The molecule has 1 aliphatic carbocycles. The first-order valence-electron chi connectivity index (χ1n) is 13.5. The SMILES string of the molecule is COCCN1C(=O)[C@H]2[C@H](C(=O)Nc3ccc(C)c(C)c3)[C@H]3C=C[C@@]2(O3)[C@@H]1C(=O)N[C@@H]1CCC[C@H](C)[C@H]1C. The zero-order chi connectivity index (χ0) is 26.5. The number of anilines is 1. The molecular weight excluding hydrogens is 470 g/mol. The lowest BCUT2D eigenvalue weighted by molar-refractivity contribution is -0.142. The van der Waals surface area contributed by atoms with Gasteiger partial charge in [-0.2, -0.15) is 0 Å². The summed E-state index contributed by atoms with van der Waals surface area (Å²) in [5.74, 6) is -1.30. The number of hydrogen-bond acceptors (Lipinski definition) is 5. The number of likely N-dealkylation sites (tertiary alicyclic amines) is 1. The fourth-order valence-electron chi connectivity index (χ4n) is 6.79. The van der Waals surface area contributed by atoms with E-state index >= 15 is 0 Å². The number of fused-ring (bicyclic) bond motifs is 1. The second-order valence-electron chi connectivity index (χ2n) is 11.4. The number of nitrogens with zero attached hydrogens (tertiary/aromatic N) is 1. The minimum absolute atomic E-state index is 0.0533. The standard InChI is InChI=1S/C29H39N3O5/c1-16-9-10-20(15-18(16)3)30-26(33)23-22-11-12-29(37-22)24(23)28(35)32(13-14-36-5)25(29)27(34)31-21-8-6-7-17(2)19(21)4/h9-12,15,17,19,21-25H,6-8,13-14H2,1-5H3,(H,30,33)(H,31,34)/t17-,19+,21+,22+,23+,24+,25-,29-/m0/s1.